The summed E-state index contributed by atoms with van der Waals surface area (Å²) in [5.74, 6) is 1.61. The van der Waals surface area contributed by atoms with Gasteiger partial charge in [0.15, 0.2) is 0 Å². The zero-order chi connectivity index (χ0) is 12.7. The van der Waals surface area contributed by atoms with Crippen LogP contribution in [-0.2, 0) is 4.79 Å². The first-order valence-corrected chi connectivity index (χ1v) is 7.12. The summed E-state index contributed by atoms with van der Waals surface area (Å²) in [6.07, 6.45) is 5.12. The van der Waals surface area contributed by atoms with Crippen LogP contribution in [0.15, 0.2) is 22.8 Å². The van der Waals surface area contributed by atoms with Crippen LogP contribution in [0.5, 0.6) is 0 Å². The number of amides is 1. The van der Waals surface area contributed by atoms with Crippen molar-refractivity contribution in [3.05, 3.63) is 22.8 Å². The summed E-state index contributed by atoms with van der Waals surface area (Å²) in [4.78, 5) is 16.4. The van der Waals surface area contributed by atoms with E-state index in [0.29, 0.717) is 17.7 Å². The Bertz CT molecular complexity index is 460. The predicted octanol–water partition coefficient (Wildman–Crippen LogP) is 2.16. The molecule has 1 aromatic heterocycles. The van der Waals surface area contributed by atoms with Crippen molar-refractivity contribution in [1.82, 2.24) is 4.98 Å². The average Bonchev–Trinajstić information content (AvgIpc) is 2.92. The highest BCUT2D eigenvalue weighted by Crippen LogP contribution is 2.47. The lowest BCUT2D eigenvalue weighted by Crippen LogP contribution is -2.42. The number of nitrogens with one attached hydrogen (secondary N) is 1. The van der Waals surface area contributed by atoms with Crippen LogP contribution in [0.4, 0.5) is 5.82 Å². The Labute approximate surface area is 114 Å². The van der Waals surface area contributed by atoms with Gasteiger partial charge in [-0.1, -0.05) is 0 Å². The van der Waals surface area contributed by atoms with Gasteiger partial charge >= 0.3 is 0 Å². The van der Waals surface area contributed by atoms with Crippen LogP contribution in [0.1, 0.15) is 19.3 Å². The van der Waals surface area contributed by atoms with Gasteiger partial charge in [0, 0.05) is 16.7 Å². The minimum Gasteiger partial charge on any atom is -0.327 e. The molecule has 4 unspecified atom stereocenters. The fraction of sp³-hybridized carbons (Fsp3) is 0.538. The smallest absolute Gasteiger partial charge is 0.230 e. The average molecular weight is 310 g/mol. The van der Waals surface area contributed by atoms with Gasteiger partial charge in [0.05, 0.1) is 5.92 Å². The SMILES string of the molecule is NC1C2CCC(C2)C1C(=O)Nc1ccc(Br)cn1. The zero-order valence-electron chi connectivity index (χ0n) is 9.97. The normalized spacial score (nSPS) is 33.7. The molecular formula is C13H16BrN3O. The number of nitrogens with zero attached hydrogens (tertiary/aromatic N) is 1. The minimum atomic E-state index is -0.0332. The molecule has 3 rings (SSSR count). The van der Waals surface area contributed by atoms with E-state index >= 15 is 0 Å². The molecule has 4 atom stereocenters. The van der Waals surface area contributed by atoms with Crippen LogP contribution in [0.25, 0.3) is 0 Å². The molecule has 1 heterocycles. The number of hydrogen-bond acceptors (Lipinski definition) is 3. The summed E-state index contributed by atoms with van der Waals surface area (Å²) < 4.78 is 0.900. The van der Waals surface area contributed by atoms with E-state index in [0.717, 1.165) is 17.3 Å². The lowest BCUT2D eigenvalue weighted by Gasteiger charge is -2.26. The van der Waals surface area contributed by atoms with Crippen LogP contribution in [0.2, 0.25) is 0 Å². The molecule has 0 spiro atoms. The lowest BCUT2D eigenvalue weighted by atomic mass is 9.84. The predicted molar refractivity (Wildman–Crippen MR) is 72.9 cm³/mol. The van der Waals surface area contributed by atoms with Gasteiger partial charge in [0.25, 0.3) is 0 Å². The van der Waals surface area contributed by atoms with Crippen molar-refractivity contribution in [1.29, 1.82) is 0 Å². The summed E-state index contributed by atoms with van der Waals surface area (Å²) in [6, 6.07) is 3.68. The van der Waals surface area contributed by atoms with E-state index in [1.165, 1.54) is 6.42 Å². The van der Waals surface area contributed by atoms with Gasteiger partial charge < -0.3 is 11.1 Å². The van der Waals surface area contributed by atoms with Crippen molar-refractivity contribution in [2.45, 2.75) is 25.3 Å². The number of halogens is 1. The van der Waals surface area contributed by atoms with Crippen LogP contribution >= 0.6 is 15.9 Å². The molecule has 5 heteroatoms. The first kappa shape index (κ1) is 12.1. The maximum atomic E-state index is 12.3. The van der Waals surface area contributed by atoms with Crippen LogP contribution in [0, 0.1) is 17.8 Å². The molecule has 0 aliphatic heterocycles. The molecule has 0 aromatic carbocycles. The van der Waals surface area contributed by atoms with E-state index in [-0.39, 0.29) is 17.9 Å². The quantitative estimate of drug-likeness (QED) is 0.879. The molecule has 4 nitrogen and oxygen atoms in total. The number of rotatable bonds is 2. The molecule has 0 saturated heterocycles. The fourth-order valence-corrected chi connectivity index (χ4v) is 3.62. The minimum absolute atomic E-state index is 0.0270. The molecule has 1 amide bonds. The first-order chi connectivity index (χ1) is 8.65. The van der Waals surface area contributed by atoms with E-state index in [1.54, 1.807) is 12.3 Å². The Morgan fingerprint density at radius 2 is 2.17 bits per heavy atom. The van der Waals surface area contributed by atoms with Crippen LogP contribution < -0.4 is 11.1 Å². The molecule has 2 bridgehead atoms. The fourth-order valence-electron chi connectivity index (χ4n) is 3.38. The molecule has 18 heavy (non-hydrogen) atoms. The summed E-state index contributed by atoms with van der Waals surface area (Å²) in [5, 5.41) is 2.88. The molecule has 96 valence electrons. The van der Waals surface area contributed by atoms with Gasteiger partial charge in [-0.2, -0.15) is 0 Å². The van der Waals surface area contributed by atoms with E-state index < -0.39 is 0 Å². The van der Waals surface area contributed by atoms with Gasteiger partial charge in [-0.25, -0.2) is 4.98 Å². The number of carbonyl (C=O) groups excluding carboxylic acids is 1. The molecular weight excluding hydrogens is 294 g/mol. The van der Waals surface area contributed by atoms with Crippen molar-refractivity contribution >= 4 is 27.7 Å². The lowest BCUT2D eigenvalue weighted by molar-refractivity contribution is -0.121. The second-order valence-electron chi connectivity index (χ2n) is 5.29. The third-order valence-corrected chi connectivity index (χ3v) is 4.73. The molecule has 2 aliphatic carbocycles. The number of carbonyl (C=O) groups is 1. The third kappa shape index (κ3) is 2.06. The van der Waals surface area contributed by atoms with Gasteiger partial charge in [-0.05, 0) is 59.2 Å². The maximum absolute atomic E-state index is 12.3. The largest absolute Gasteiger partial charge is 0.327 e. The van der Waals surface area contributed by atoms with E-state index in [9.17, 15) is 4.79 Å². The van der Waals surface area contributed by atoms with Crippen LogP contribution in [-0.4, -0.2) is 16.9 Å². The number of hydrogen-bond donors (Lipinski definition) is 2. The van der Waals surface area contributed by atoms with Gasteiger partial charge in [0.1, 0.15) is 5.82 Å². The third-order valence-electron chi connectivity index (χ3n) is 4.26. The number of anilines is 1. The molecule has 1 aromatic rings. The Hall–Kier alpha value is -0.940. The highest BCUT2D eigenvalue weighted by Gasteiger charge is 2.49. The topological polar surface area (TPSA) is 68.0 Å². The Kier molecular flexibility index (Phi) is 3.11. The van der Waals surface area contributed by atoms with Crippen molar-refractivity contribution in [3.8, 4) is 0 Å². The zero-order valence-corrected chi connectivity index (χ0v) is 11.6. The molecule has 0 radical (unpaired) electrons. The molecule has 2 fully saturated rings. The molecule has 2 aliphatic rings. The van der Waals surface area contributed by atoms with Gasteiger partial charge in [-0.3, -0.25) is 4.79 Å². The number of fused-ring (bicyclic) bond motifs is 2. The summed E-state index contributed by atoms with van der Waals surface area (Å²) in [7, 11) is 0. The highest BCUT2D eigenvalue weighted by atomic mass is 79.9. The summed E-state index contributed by atoms with van der Waals surface area (Å²) in [6.45, 7) is 0. The Morgan fingerprint density at radius 1 is 1.39 bits per heavy atom. The first-order valence-electron chi connectivity index (χ1n) is 6.33. The Balaban J connectivity index is 1.70. The van der Waals surface area contributed by atoms with E-state index in [1.807, 2.05) is 6.07 Å². The molecule has 3 N–H and O–H groups in total. The monoisotopic (exact) mass is 309 g/mol. The number of aromatic nitrogens is 1. The molecule has 2 saturated carbocycles. The van der Waals surface area contributed by atoms with E-state index in [2.05, 4.69) is 26.2 Å². The van der Waals surface area contributed by atoms with Gasteiger partial charge in [0.2, 0.25) is 5.91 Å². The number of pyridine rings is 1. The van der Waals surface area contributed by atoms with Gasteiger partial charge in [-0.15, -0.1) is 0 Å². The van der Waals surface area contributed by atoms with E-state index in [4.69, 9.17) is 5.73 Å². The van der Waals surface area contributed by atoms with Crippen molar-refractivity contribution in [2.75, 3.05) is 5.32 Å². The highest BCUT2D eigenvalue weighted by molar-refractivity contribution is 9.10. The van der Waals surface area contributed by atoms with Crippen LogP contribution in [0.3, 0.4) is 0 Å². The second-order valence-corrected chi connectivity index (χ2v) is 6.20. The summed E-state index contributed by atoms with van der Waals surface area (Å²) >= 11 is 3.32. The standard InChI is InChI=1S/C13H16BrN3O/c14-9-3-4-10(16-6-9)17-13(18)11-7-1-2-8(5-7)12(11)15/h3-4,6-8,11-12H,1-2,5,15H2,(H,16,17,18). The summed E-state index contributed by atoms with van der Waals surface area (Å²) in [5.41, 5.74) is 6.15. The second kappa shape index (κ2) is 4.63. The Morgan fingerprint density at radius 3 is 2.78 bits per heavy atom. The maximum Gasteiger partial charge on any atom is 0.230 e. The van der Waals surface area contributed by atoms with Crippen molar-refractivity contribution < 1.29 is 4.79 Å². The van der Waals surface area contributed by atoms with Crippen molar-refractivity contribution in [3.63, 3.8) is 0 Å². The van der Waals surface area contributed by atoms with Crippen molar-refractivity contribution in [2.24, 2.45) is 23.5 Å². The number of nitrogens with two attached hydrogens (primary N) is 1.